The molecule has 0 saturated carbocycles. The molecular formula is C17H21N9O. The van der Waals surface area contributed by atoms with Crippen LogP contribution in [0.4, 0.5) is 11.6 Å². The second-order valence-electron chi connectivity index (χ2n) is 6.86. The first-order valence-electron chi connectivity index (χ1n) is 8.74. The highest BCUT2D eigenvalue weighted by atomic mass is 16.1. The van der Waals surface area contributed by atoms with Gasteiger partial charge in [-0.1, -0.05) is 0 Å². The SMILES string of the molecule is Cc1nnc2ccc(N3CC(CNC(=O)c4ccc(N(C)C)nn4)C3)nn12. The number of nitrogens with zero attached hydrogens (tertiary/aromatic N) is 8. The molecule has 4 heterocycles. The monoisotopic (exact) mass is 367 g/mol. The Morgan fingerprint density at radius 3 is 2.67 bits per heavy atom. The molecule has 140 valence electrons. The maximum Gasteiger partial charge on any atom is 0.271 e. The first-order valence-corrected chi connectivity index (χ1v) is 8.74. The molecule has 1 aliphatic heterocycles. The van der Waals surface area contributed by atoms with Gasteiger partial charge in [-0.3, -0.25) is 4.79 Å². The van der Waals surface area contributed by atoms with Crippen LogP contribution in [0.15, 0.2) is 24.3 Å². The molecule has 1 amide bonds. The zero-order valence-corrected chi connectivity index (χ0v) is 15.5. The van der Waals surface area contributed by atoms with Gasteiger partial charge in [-0.05, 0) is 31.2 Å². The van der Waals surface area contributed by atoms with E-state index in [1.807, 2.05) is 38.1 Å². The Kier molecular flexibility index (Phi) is 4.30. The minimum Gasteiger partial charge on any atom is -0.361 e. The average molecular weight is 367 g/mol. The van der Waals surface area contributed by atoms with Crippen LogP contribution in [0.1, 0.15) is 16.3 Å². The van der Waals surface area contributed by atoms with Crippen molar-refractivity contribution < 1.29 is 4.79 Å². The maximum atomic E-state index is 12.2. The second kappa shape index (κ2) is 6.78. The van der Waals surface area contributed by atoms with E-state index in [-0.39, 0.29) is 5.91 Å². The van der Waals surface area contributed by atoms with Crippen molar-refractivity contribution in [3.8, 4) is 0 Å². The number of fused-ring (bicyclic) bond motifs is 1. The van der Waals surface area contributed by atoms with Crippen LogP contribution in [-0.4, -0.2) is 69.6 Å². The Labute approximate surface area is 156 Å². The minimum absolute atomic E-state index is 0.203. The van der Waals surface area contributed by atoms with E-state index >= 15 is 0 Å². The molecule has 10 heteroatoms. The normalized spacial score (nSPS) is 14.3. The third-order valence-electron chi connectivity index (χ3n) is 4.58. The van der Waals surface area contributed by atoms with Gasteiger partial charge in [-0.15, -0.1) is 25.5 Å². The van der Waals surface area contributed by atoms with E-state index in [1.54, 1.807) is 16.6 Å². The molecule has 0 aromatic carbocycles. The lowest BCUT2D eigenvalue weighted by atomic mass is 10.0. The molecule has 1 fully saturated rings. The molecule has 0 unspecified atom stereocenters. The van der Waals surface area contributed by atoms with Gasteiger partial charge in [-0.2, -0.15) is 4.52 Å². The van der Waals surface area contributed by atoms with Crippen LogP contribution < -0.4 is 15.1 Å². The number of hydrogen-bond donors (Lipinski definition) is 1. The van der Waals surface area contributed by atoms with Crippen LogP contribution in [0, 0.1) is 12.8 Å². The summed E-state index contributed by atoms with van der Waals surface area (Å²) in [5, 5.41) is 23.6. The molecule has 0 aliphatic carbocycles. The van der Waals surface area contributed by atoms with Crippen molar-refractivity contribution in [1.29, 1.82) is 0 Å². The average Bonchev–Trinajstić information content (AvgIpc) is 3.01. The second-order valence-corrected chi connectivity index (χ2v) is 6.86. The minimum atomic E-state index is -0.203. The van der Waals surface area contributed by atoms with Crippen LogP contribution in [0.25, 0.3) is 5.65 Å². The first-order chi connectivity index (χ1) is 13.0. The molecule has 3 aromatic heterocycles. The molecule has 3 aromatic rings. The van der Waals surface area contributed by atoms with E-state index in [9.17, 15) is 4.79 Å². The van der Waals surface area contributed by atoms with E-state index in [0.717, 1.165) is 30.4 Å². The Hall–Kier alpha value is -3.30. The van der Waals surface area contributed by atoms with Crippen molar-refractivity contribution in [2.45, 2.75) is 6.92 Å². The molecule has 1 saturated heterocycles. The lowest BCUT2D eigenvalue weighted by Crippen LogP contribution is -2.52. The molecule has 0 atom stereocenters. The predicted octanol–water partition coefficient (Wildman–Crippen LogP) is 0.155. The number of anilines is 2. The number of hydrogen-bond acceptors (Lipinski definition) is 8. The van der Waals surface area contributed by atoms with Gasteiger partial charge in [-0.25, -0.2) is 0 Å². The molecule has 27 heavy (non-hydrogen) atoms. The largest absolute Gasteiger partial charge is 0.361 e. The summed E-state index contributed by atoms with van der Waals surface area (Å²) in [5.41, 5.74) is 1.06. The topological polar surface area (TPSA) is 104 Å². The van der Waals surface area contributed by atoms with E-state index < -0.39 is 0 Å². The van der Waals surface area contributed by atoms with Crippen LogP contribution in [0.5, 0.6) is 0 Å². The van der Waals surface area contributed by atoms with Crippen LogP contribution >= 0.6 is 0 Å². The summed E-state index contributed by atoms with van der Waals surface area (Å²) < 4.78 is 1.74. The van der Waals surface area contributed by atoms with Crippen molar-refractivity contribution in [2.24, 2.45) is 5.92 Å². The summed E-state index contributed by atoms with van der Waals surface area (Å²) in [6.45, 7) is 4.15. The van der Waals surface area contributed by atoms with Crippen LogP contribution in [0.3, 0.4) is 0 Å². The molecule has 0 bridgehead atoms. The molecule has 1 aliphatic rings. The van der Waals surface area contributed by atoms with E-state index in [0.29, 0.717) is 24.0 Å². The van der Waals surface area contributed by atoms with Gasteiger partial charge >= 0.3 is 0 Å². The Morgan fingerprint density at radius 2 is 1.96 bits per heavy atom. The van der Waals surface area contributed by atoms with Gasteiger partial charge in [0.1, 0.15) is 5.82 Å². The number of nitrogens with one attached hydrogen (secondary N) is 1. The molecule has 1 N–H and O–H groups in total. The number of carbonyl (C=O) groups excluding carboxylic acids is 1. The number of aryl methyl sites for hydroxylation is 1. The fourth-order valence-corrected chi connectivity index (χ4v) is 2.95. The highest BCUT2D eigenvalue weighted by Gasteiger charge is 2.28. The predicted molar refractivity (Wildman–Crippen MR) is 99.9 cm³/mol. The maximum absolute atomic E-state index is 12.2. The van der Waals surface area contributed by atoms with Gasteiger partial charge < -0.3 is 15.1 Å². The fourth-order valence-electron chi connectivity index (χ4n) is 2.95. The van der Waals surface area contributed by atoms with Crippen molar-refractivity contribution in [1.82, 2.24) is 35.3 Å². The van der Waals surface area contributed by atoms with E-state index in [2.05, 4.69) is 35.7 Å². The summed E-state index contributed by atoms with van der Waals surface area (Å²) in [7, 11) is 3.76. The summed E-state index contributed by atoms with van der Waals surface area (Å²) >= 11 is 0. The fraction of sp³-hybridized carbons (Fsp3) is 0.412. The highest BCUT2D eigenvalue weighted by molar-refractivity contribution is 5.92. The Morgan fingerprint density at radius 1 is 1.15 bits per heavy atom. The smallest absolute Gasteiger partial charge is 0.271 e. The van der Waals surface area contributed by atoms with Crippen LogP contribution in [-0.2, 0) is 0 Å². The highest BCUT2D eigenvalue weighted by Crippen LogP contribution is 2.22. The number of rotatable bonds is 5. The third kappa shape index (κ3) is 3.37. The van der Waals surface area contributed by atoms with Crippen molar-refractivity contribution >= 4 is 23.2 Å². The zero-order valence-electron chi connectivity index (χ0n) is 15.5. The summed E-state index contributed by atoms with van der Waals surface area (Å²) in [5.74, 6) is 2.54. The van der Waals surface area contributed by atoms with Gasteiger partial charge in [0.05, 0.1) is 0 Å². The summed E-state index contributed by atoms with van der Waals surface area (Å²) in [6.07, 6.45) is 0. The van der Waals surface area contributed by atoms with E-state index in [1.165, 1.54) is 0 Å². The number of carbonyl (C=O) groups is 1. The summed E-state index contributed by atoms with van der Waals surface area (Å²) in [6, 6.07) is 7.32. The standard InChI is InChI=1S/C17H21N9O/c1-11-19-22-15-6-7-16(23-26(11)15)25-9-12(10-25)8-18-17(27)13-4-5-14(21-20-13)24(2)3/h4-7,12H,8-10H2,1-3H3,(H,18,27). The molecule has 0 radical (unpaired) electrons. The van der Waals surface area contributed by atoms with Gasteiger partial charge in [0.15, 0.2) is 23.0 Å². The first kappa shape index (κ1) is 17.1. The Balaban J connectivity index is 1.29. The molecular weight excluding hydrogens is 346 g/mol. The van der Waals surface area contributed by atoms with Crippen LogP contribution in [0.2, 0.25) is 0 Å². The van der Waals surface area contributed by atoms with E-state index in [4.69, 9.17) is 0 Å². The quantitative estimate of drug-likeness (QED) is 0.680. The summed E-state index contributed by atoms with van der Waals surface area (Å²) in [4.78, 5) is 16.2. The lowest BCUT2D eigenvalue weighted by molar-refractivity contribution is 0.0938. The molecule has 10 nitrogen and oxygen atoms in total. The third-order valence-corrected chi connectivity index (χ3v) is 4.58. The number of aromatic nitrogens is 6. The molecule has 4 rings (SSSR count). The molecule has 0 spiro atoms. The van der Waals surface area contributed by atoms with Gasteiger partial charge in [0, 0.05) is 39.6 Å². The Bertz CT molecular complexity index is 960. The van der Waals surface area contributed by atoms with Gasteiger partial charge in [0.25, 0.3) is 5.91 Å². The van der Waals surface area contributed by atoms with Crippen molar-refractivity contribution in [3.63, 3.8) is 0 Å². The van der Waals surface area contributed by atoms with Crippen molar-refractivity contribution in [3.05, 3.63) is 35.8 Å². The van der Waals surface area contributed by atoms with Gasteiger partial charge in [0.2, 0.25) is 0 Å². The van der Waals surface area contributed by atoms with Crippen molar-refractivity contribution in [2.75, 3.05) is 43.5 Å². The number of amides is 1. The lowest BCUT2D eigenvalue weighted by Gasteiger charge is -2.40. The zero-order chi connectivity index (χ0) is 19.0.